The molecule has 0 radical (unpaired) electrons. The highest BCUT2D eigenvalue weighted by Crippen LogP contribution is 2.17. The van der Waals surface area contributed by atoms with Crippen molar-refractivity contribution in [2.75, 3.05) is 26.4 Å². The second kappa shape index (κ2) is 7.16. The Hall–Kier alpha value is -2.26. The normalized spacial score (nSPS) is 16.3. The average molecular weight is 378 g/mol. The van der Waals surface area contributed by atoms with Crippen LogP contribution in [0.3, 0.4) is 0 Å². The molecular weight excluding hydrogens is 356 g/mol. The van der Waals surface area contributed by atoms with Crippen LogP contribution in [0.15, 0.2) is 35.4 Å². The van der Waals surface area contributed by atoms with Crippen LogP contribution < -0.4 is 5.56 Å². The minimum absolute atomic E-state index is 0.0662. The van der Waals surface area contributed by atoms with E-state index in [1.54, 1.807) is 30.1 Å². The third-order valence-corrected chi connectivity index (χ3v) is 6.24. The van der Waals surface area contributed by atoms with Crippen molar-refractivity contribution in [1.29, 1.82) is 0 Å². The van der Waals surface area contributed by atoms with Crippen molar-refractivity contribution < 1.29 is 13.2 Å². The van der Waals surface area contributed by atoms with Crippen LogP contribution in [0.25, 0.3) is 10.9 Å². The molecule has 8 nitrogen and oxygen atoms in total. The fourth-order valence-electron chi connectivity index (χ4n) is 3.21. The number of benzene rings is 1. The quantitative estimate of drug-likeness (QED) is 0.762. The Kier molecular flexibility index (Phi) is 5.10. The van der Waals surface area contributed by atoms with Gasteiger partial charge in [0.15, 0.2) is 0 Å². The van der Waals surface area contributed by atoms with Gasteiger partial charge in [-0.25, -0.2) is 17.7 Å². The summed E-state index contributed by atoms with van der Waals surface area (Å²) in [6, 6.07) is 6.92. The van der Waals surface area contributed by atoms with Crippen LogP contribution in [0.1, 0.15) is 12.8 Å². The van der Waals surface area contributed by atoms with Crippen LogP contribution in [-0.2, 0) is 21.4 Å². The first-order valence-electron chi connectivity index (χ1n) is 8.42. The molecule has 0 N–H and O–H groups in total. The average Bonchev–Trinajstić information content (AvgIpc) is 2.63. The number of carbonyl (C=O) groups is 1. The third kappa shape index (κ3) is 3.78. The smallest absolute Gasteiger partial charge is 0.261 e. The van der Waals surface area contributed by atoms with Gasteiger partial charge in [0, 0.05) is 26.2 Å². The Balaban J connectivity index is 1.67. The van der Waals surface area contributed by atoms with E-state index >= 15 is 0 Å². The predicted molar refractivity (Wildman–Crippen MR) is 98.2 cm³/mol. The van der Waals surface area contributed by atoms with Crippen LogP contribution in [0.4, 0.5) is 0 Å². The van der Waals surface area contributed by atoms with Crippen molar-refractivity contribution in [3.8, 4) is 0 Å². The Morgan fingerprint density at radius 2 is 1.92 bits per heavy atom. The Morgan fingerprint density at radius 3 is 2.58 bits per heavy atom. The first-order chi connectivity index (χ1) is 12.3. The molecule has 1 aromatic carbocycles. The Bertz CT molecular complexity index is 978. The second-order valence-electron chi connectivity index (χ2n) is 6.59. The molecule has 0 unspecified atom stereocenters. The SMILES string of the molecule is CN(C1CCN(C(=O)Cn2cnc3ccccc3c2=O)CC1)S(C)(=O)=O. The lowest BCUT2D eigenvalue weighted by atomic mass is 10.1. The first kappa shape index (κ1) is 18.5. The largest absolute Gasteiger partial charge is 0.341 e. The molecule has 2 aromatic rings. The van der Waals surface area contributed by atoms with Crippen LogP contribution in [-0.4, -0.2) is 65.5 Å². The third-order valence-electron chi connectivity index (χ3n) is 4.89. The molecule has 1 aliphatic heterocycles. The van der Waals surface area contributed by atoms with Crippen LogP contribution in [0, 0.1) is 0 Å². The predicted octanol–water partition coefficient (Wildman–Crippen LogP) is 0.279. The zero-order valence-electron chi connectivity index (χ0n) is 14.8. The number of likely N-dealkylation sites (tertiary alicyclic amines) is 1. The fraction of sp³-hybridized carbons (Fsp3) is 0.471. The summed E-state index contributed by atoms with van der Waals surface area (Å²) in [6.07, 6.45) is 3.75. The summed E-state index contributed by atoms with van der Waals surface area (Å²) >= 11 is 0. The number of fused-ring (bicyclic) bond motifs is 1. The lowest BCUT2D eigenvalue weighted by Gasteiger charge is -2.35. The van der Waals surface area contributed by atoms with Gasteiger partial charge in [0.2, 0.25) is 15.9 Å². The molecule has 1 saturated heterocycles. The monoisotopic (exact) mass is 378 g/mol. The number of para-hydroxylation sites is 1. The molecule has 0 aliphatic carbocycles. The van der Waals surface area contributed by atoms with Gasteiger partial charge in [-0.3, -0.25) is 14.2 Å². The van der Waals surface area contributed by atoms with E-state index in [2.05, 4.69) is 4.98 Å². The van der Waals surface area contributed by atoms with Gasteiger partial charge in [0.1, 0.15) is 6.54 Å². The molecule has 0 spiro atoms. The van der Waals surface area contributed by atoms with Crippen molar-refractivity contribution in [3.05, 3.63) is 40.9 Å². The van der Waals surface area contributed by atoms with E-state index in [-0.39, 0.29) is 24.1 Å². The zero-order valence-corrected chi connectivity index (χ0v) is 15.6. The number of nitrogens with zero attached hydrogens (tertiary/aromatic N) is 4. The number of amides is 1. The van der Waals surface area contributed by atoms with Crippen molar-refractivity contribution in [1.82, 2.24) is 18.8 Å². The van der Waals surface area contributed by atoms with Gasteiger partial charge in [-0.1, -0.05) is 12.1 Å². The van der Waals surface area contributed by atoms with Gasteiger partial charge in [-0.2, -0.15) is 0 Å². The van der Waals surface area contributed by atoms with Crippen molar-refractivity contribution in [2.45, 2.75) is 25.4 Å². The maximum Gasteiger partial charge on any atom is 0.261 e. The Morgan fingerprint density at radius 1 is 1.27 bits per heavy atom. The molecular formula is C17H22N4O4S. The molecule has 0 bridgehead atoms. The lowest BCUT2D eigenvalue weighted by Crippen LogP contribution is -2.48. The van der Waals surface area contributed by atoms with Gasteiger partial charge in [-0.05, 0) is 25.0 Å². The van der Waals surface area contributed by atoms with E-state index in [0.717, 1.165) is 0 Å². The molecule has 9 heteroatoms. The summed E-state index contributed by atoms with van der Waals surface area (Å²) in [4.78, 5) is 30.9. The molecule has 0 atom stereocenters. The highest BCUT2D eigenvalue weighted by molar-refractivity contribution is 7.88. The van der Waals surface area contributed by atoms with E-state index in [4.69, 9.17) is 0 Å². The van der Waals surface area contributed by atoms with E-state index in [1.807, 2.05) is 6.07 Å². The topological polar surface area (TPSA) is 92.6 Å². The number of carbonyl (C=O) groups excluding carboxylic acids is 1. The standard InChI is InChI=1S/C17H22N4O4S/c1-19(26(2,24)25)13-7-9-20(10-8-13)16(22)11-21-12-18-15-6-4-3-5-14(15)17(21)23/h3-6,12-13H,7-11H2,1-2H3. The first-order valence-corrected chi connectivity index (χ1v) is 10.3. The van der Waals surface area contributed by atoms with E-state index < -0.39 is 10.0 Å². The van der Waals surface area contributed by atoms with Crippen molar-refractivity contribution >= 4 is 26.8 Å². The van der Waals surface area contributed by atoms with Crippen LogP contribution >= 0.6 is 0 Å². The molecule has 140 valence electrons. The molecule has 1 fully saturated rings. The summed E-state index contributed by atoms with van der Waals surface area (Å²) in [5, 5.41) is 0.483. The summed E-state index contributed by atoms with van der Waals surface area (Å²) < 4.78 is 26.0. The second-order valence-corrected chi connectivity index (χ2v) is 8.63. The zero-order chi connectivity index (χ0) is 18.9. The number of sulfonamides is 1. The molecule has 0 saturated carbocycles. The summed E-state index contributed by atoms with van der Waals surface area (Å²) in [6.45, 7) is 0.876. The Labute approximate surface area is 152 Å². The molecule has 3 rings (SSSR count). The van der Waals surface area contributed by atoms with Gasteiger partial charge >= 0.3 is 0 Å². The minimum atomic E-state index is -3.24. The molecule has 2 heterocycles. The summed E-state index contributed by atoms with van der Waals surface area (Å²) in [5.41, 5.74) is 0.362. The molecule has 1 aromatic heterocycles. The van der Waals surface area contributed by atoms with E-state index in [1.165, 1.54) is 21.5 Å². The number of hydrogen-bond acceptors (Lipinski definition) is 5. The van der Waals surface area contributed by atoms with Crippen molar-refractivity contribution in [3.63, 3.8) is 0 Å². The maximum atomic E-state index is 12.5. The van der Waals surface area contributed by atoms with Gasteiger partial charge in [0.25, 0.3) is 5.56 Å². The van der Waals surface area contributed by atoms with E-state index in [9.17, 15) is 18.0 Å². The summed E-state index contributed by atoms with van der Waals surface area (Å²) in [5.74, 6) is -0.162. The van der Waals surface area contributed by atoms with Gasteiger partial charge in [0.05, 0.1) is 23.5 Å². The van der Waals surface area contributed by atoms with Crippen LogP contribution in [0.2, 0.25) is 0 Å². The highest BCUT2D eigenvalue weighted by Gasteiger charge is 2.29. The van der Waals surface area contributed by atoms with Gasteiger partial charge in [-0.15, -0.1) is 0 Å². The number of piperidine rings is 1. The highest BCUT2D eigenvalue weighted by atomic mass is 32.2. The lowest BCUT2D eigenvalue weighted by molar-refractivity contribution is -0.133. The van der Waals surface area contributed by atoms with Crippen molar-refractivity contribution in [2.24, 2.45) is 0 Å². The van der Waals surface area contributed by atoms with E-state index in [0.29, 0.717) is 36.8 Å². The van der Waals surface area contributed by atoms with Crippen LogP contribution in [0.5, 0.6) is 0 Å². The fourth-order valence-corrected chi connectivity index (χ4v) is 3.97. The maximum absolute atomic E-state index is 12.5. The number of rotatable bonds is 4. The number of hydrogen-bond donors (Lipinski definition) is 0. The van der Waals surface area contributed by atoms with Gasteiger partial charge < -0.3 is 4.90 Å². The molecule has 1 aliphatic rings. The summed E-state index contributed by atoms with van der Waals surface area (Å²) in [7, 11) is -1.67. The molecule has 1 amide bonds. The molecule has 26 heavy (non-hydrogen) atoms. The number of aromatic nitrogens is 2. The minimum Gasteiger partial charge on any atom is -0.341 e.